The summed E-state index contributed by atoms with van der Waals surface area (Å²) in [6.45, 7) is 0. The van der Waals surface area contributed by atoms with Crippen molar-refractivity contribution in [3.05, 3.63) is 54.0 Å². The highest BCUT2D eigenvalue weighted by Crippen LogP contribution is 2.34. The molecule has 0 bridgehead atoms. The quantitative estimate of drug-likeness (QED) is 0.696. The van der Waals surface area contributed by atoms with Crippen LogP contribution in [-0.2, 0) is 5.79 Å². The van der Waals surface area contributed by atoms with Gasteiger partial charge in [-0.05, 0) is 42.6 Å². The van der Waals surface area contributed by atoms with Crippen LogP contribution >= 0.6 is 0 Å². The predicted molar refractivity (Wildman–Crippen MR) is 52.4 cm³/mol. The monoisotopic (exact) mass is 209 g/mol. The summed E-state index contributed by atoms with van der Waals surface area (Å²) in [4.78, 5) is 0. The second kappa shape index (κ2) is 3.38. The van der Waals surface area contributed by atoms with Crippen LogP contribution in [0.15, 0.2) is 48.4 Å². The number of aromatic hydroxyl groups is 1. The molecule has 1 aliphatic rings. The van der Waals surface area contributed by atoms with Crippen LogP contribution in [-0.4, -0.2) is 5.11 Å². The molecular formula is C11H9F2NO. The van der Waals surface area contributed by atoms with E-state index in [1.165, 1.54) is 36.5 Å². The minimum Gasteiger partial charge on any atom is -0.508 e. The van der Waals surface area contributed by atoms with E-state index >= 15 is 0 Å². The van der Waals surface area contributed by atoms with Crippen molar-refractivity contribution in [3.8, 4) is 5.75 Å². The number of hydrogen-bond donors (Lipinski definition) is 2. The fraction of sp³-hybridized carbons (Fsp3) is 0.0909. The normalized spacial score (nSPS) is 24.5. The van der Waals surface area contributed by atoms with E-state index in [0.717, 1.165) is 6.08 Å². The number of rotatable bonds is 1. The number of halogens is 2. The summed E-state index contributed by atoms with van der Waals surface area (Å²) >= 11 is 0. The van der Waals surface area contributed by atoms with Crippen molar-refractivity contribution in [1.29, 1.82) is 0 Å². The number of hydrogen-bond acceptors (Lipinski definition) is 2. The Morgan fingerprint density at radius 2 is 1.87 bits per heavy atom. The minimum atomic E-state index is -2.33. The van der Waals surface area contributed by atoms with E-state index in [2.05, 4.69) is 5.32 Å². The summed E-state index contributed by atoms with van der Waals surface area (Å²) in [7, 11) is 0. The summed E-state index contributed by atoms with van der Waals surface area (Å²) in [5, 5.41) is 11.3. The zero-order valence-electron chi connectivity index (χ0n) is 7.74. The van der Waals surface area contributed by atoms with Gasteiger partial charge in [0.05, 0.1) is 0 Å². The Hall–Kier alpha value is -1.84. The summed E-state index contributed by atoms with van der Waals surface area (Å²) in [5.41, 5.74) is 0.110. The highest BCUT2D eigenvalue weighted by Gasteiger charge is 2.37. The molecule has 1 unspecified atom stereocenters. The summed E-state index contributed by atoms with van der Waals surface area (Å²) in [6, 6.07) is 5.28. The lowest BCUT2D eigenvalue weighted by molar-refractivity contribution is 0.145. The van der Waals surface area contributed by atoms with Gasteiger partial charge >= 0.3 is 0 Å². The number of allylic oxidation sites excluding steroid dienone is 2. The van der Waals surface area contributed by atoms with Gasteiger partial charge in [-0.25, -0.2) is 8.78 Å². The third-order valence-electron chi connectivity index (χ3n) is 2.22. The number of phenols is 1. The average molecular weight is 209 g/mol. The molecule has 2 rings (SSSR count). The van der Waals surface area contributed by atoms with Crippen molar-refractivity contribution < 1.29 is 13.9 Å². The Morgan fingerprint density at radius 3 is 2.47 bits per heavy atom. The minimum absolute atomic E-state index is 0.0121. The van der Waals surface area contributed by atoms with E-state index < -0.39 is 11.6 Å². The molecule has 0 radical (unpaired) electrons. The first kappa shape index (κ1) is 9.71. The zero-order valence-corrected chi connectivity index (χ0v) is 7.74. The van der Waals surface area contributed by atoms with Crippen molar-refractivity contribution in [1.82, 2.24) is 5.32 Å². The average Bonchev–Trinajstić information content (AvgIpc) is 2.23. The van der Waals surface area contributed by atoms with E-state index in [1.54, 1.807) is 0 Å². The van der Waals surface area contributed by atoms with Gasteiger partial charge in [0.1, 0.15) is 5.75 Å². The Kier molecular flexibility index (Phi) is 2.19. The van der Waals surface area contributed by atoms with Gasteiger partial charge in [0.15, 0.2) is 5.83 Å². The second-order valence-corrected chi connectivity index (χ2v) is 3.22. The highest BCUT2D eigenvalue weighted by atomic mass is 19.2. The van der Waals surface area contributed by atoms with Gasteiger partial charge < -0.3 is 10.4 Å². The number of alkyl halides is 1. The topological polar surface area (TPSA) is 32.3 Å². The lowest BCUT2D eigenvalue weighted by atomic mass is 10.0. The molecule has 0 aliphatic carbocycles. The first-order chi connectivity index (χ1) is 7.13. The fourth-order valence-electron chi connectivity index (χ4n) is 1.39. The molecule has 1 aliphatic heterocycles. The van der Waals surface area contributed by atoms with Crippen LogP contribution in [0.25, 0.3) is 0 Å². The van der Waals surface area contributed by atoms with Gasteiger partial charge in [-0.2, -0.15) is 0 Å². The molecule has 0 amide bonds. The van der Waals surface area contributed by atoms with Crippen LogP contribution in [0, 0.1) is 0 Å². The number of dihydropyridines is 1. The van der Waals surface area contributed by atoms with Gasteiger partial charge in [-0.3, -0.25) is 0 Å². The van der Waals surface area contributed by atoms with Crippen LogP contribution in [0.4, 0.5) is 8.78 Å². The van der Waals surface area contributed by atoms with E-state index in [9.17, 15) is 8.78 Å². The maximum absolute atomic E-state index is 14.1. The molecule has 78 valence electrons. The van der Waals surface area contributed by atoms with Gasteiger partial charge in [0.25, 0.3) is 5.79 Å². The van der Waals surface area contributed by atoms with E-state index in [-0.39, 0.29) is 11.3 Å². The molecule has 0 spiro atoms. The van der Waals surface area contributed by atoms with Crippen molar-refractivity contribution in [2.24, 2.45) is 0 Å². The predicted octanol–water partition coefficient (Wildman–Crippen LogP) is 2.48. The van der Waals surface area contributed by atoms with Crippen molar-refractivity contribution in [3.63, 3.8) is 0 Å². The first-order valence-corrected chi connectivity index (χ1v) is 4.42. The molecule has 0 saturated heterocycles. The largest absolute Gasteiger partial charge is 0.508 e. The van der Waals surface area contributed by atoms with E-state index in [4.69, 9.17) is 5.11 Å². The molecule has 0 aromatic heterocycles. The van der Waals surface area contributed by atoms with Gasteiger partial charge in [-0.15, -0.1) is 0 Å². The lowest BCUT2D eigenvalue weighted by Gasteiger charge is -2.26. The van der Waals surface area contributed by atoms with Crippen LogP contribution in [0.5, 0.6) is 5.75 Å². The first-order valence-electron chi connectivity index (χ1n) is 4.42. The Labute approximate surface area is 85.5 Å². The highest BCUT2D eigenvalue weighted by molar-refractivity contribution is 5.36. The van der Waals surface area contributed by atoms with Gasteiger partial charge in [0, 0.05) is 5.56 Å². The molecular weight excluding hydrogens is 200 g/mol. The number of phenolic OH excluding ortho intramolecular Hbond substituents is 1. The third-order valence-corrected chi connectivity index (χ3v) is 2.22. The smallest absolute Gasteiger partial charge is 0.258 e. The molecule has 0 fully saturated rings. The molecule has 2 N–H and O–H groups in total. The molecule has 15 heavy (non-hydrogen) atoms. The summed E-state index contributed by atoms with van der Waals surface area (Å²) in [5.74, 6) is -3.23. The Morgan fingerprint density at radius 1 is 1.20 bits per heavy atom. The van der Waals surface area contributed by atoms with E-state index in [0.29, 0.717) is 0 Å². The van der Waals surface area contributed by atoms with E-state index in [1.807, 2.05) is 0 Å². The lowest BCUT2D eigenvalue weighted by Crippen LogP contribution is -2.36. The molecule has 1 aromatic rings. The maximum atomic E-state index is 14.1. The third kappa shape index (κ3) is 1.58. The molecule has 0 saturated carbocycles. The van der Waals surface area contributed by atoms with Crippen LogP contribution in [0.2, 0.25) is 0 Å². The molecule has 4 heteroatoms. The van der Waals surface area contributed by atoms with Crippen molar-refractivity contribution in [2.45, 2.75) is 5.79 Å². The maximum Gasteiger partial charge on any atom is 0.258 e. The molecule has 1 aromatic carbocycles. The molecule has 2 nitrogen and oxygen atoms in total. The van der Waals surface area contributed by atoms with Crippen molar-refractivity contribution in [2.75, 3.05) is 0 Å². The van der Waals surface area contributed by atoms with Crippen LogP contribution in [0.3, 0.4) is 0 Å². The fourth-order valence-corrected chi connectivity index (χ4v) is 1.39. The summed E-state index contributed by atoms with van der Waals surface area (Å²) < 4.78 is 27.5. The standard InChI is InChI=1S/C11H9F2NO/c12-10-2-1-7-14-11(10,13)8-3-5-9(15)6-4-8/h1-7,14-15H. The Balaban J connectivity index is 2.42. The Bertz CT molecular complexity index is 425. The van der Waals surface area contributed by atoms with Crippen molar-refractivity contribution >= 4 is 0 Å². The number of benzene rings is 1. The zero-order chi connectivity index (χ0) is 10.9. The van der Waals surface area contributed by atoms with Crippen LogP contribution < -0.4 is 5.32 Å². The van der Waals surface area contributed by atoms with Gasteiger partial charge in [-0.1, -0.05) is 0 Å². The SMILES string of the molecule is Oc1ccc(C2(F)NC=CC=C2F)cc1. The van der Waals surface area contributed by atoms with Crippen LogP contribution in [0.1, 0.15) is 5.56 Å². The van der Waals surface area contributed by atoms with Gasteiger partial charge in [0.2, 0.25) is 0 Å². The molecule has 1 atom stereocenters. The molecule has 1 heterocycles. The number of nitrogens with one attached hydrogen (secondary N) is 1. The summed E-state index contributed by atoms with van der Waals surface area (Å²) in [6.07, 6.45) is 3.77. The second-order valence-electron chi connectivity index (χ2n) is 3.22.